The molecular formula is C14H27NO3. The van der Waals surface area contributed by atoms with E-state index in [0.717, 1.165) is 0 Å². The fourth-order valence-corrected chi connectivity index (χ4v) is 1.58. The van der Waals surface area contributed by atoms with Crippen LogP contribution in [0.2, 0.25) is 0 Å². The molecule has 0 aliphatic carbocycles. The van der Waals surface area contributed by atoms with Gasteiger partial charge in [0.05, 0.1) is 12.1 Å². The summed E-state index contributed by atoms with van der Waals surface area (Å²) in [5.74, 6) is 0.360. The molecule has 0 radical (unpaired) electrons. The molecule has 0 saturated heterocycles. The molecule has 0 fully saturated rings. The van der Waals surface area contributed by atoms with Crippen LogP contribution in [0.5, 0.6) is 0 Å². The molecule has 0 aromatic rings. The van der Waals surface area contributed by atoms with Crippen molar-refractivity contribution in [2.75, 3.05) is 0 Å². The van der Waals surface area contributed by atoms with E-state index in [-0.39, 0.29) is 6.04 Å². The van der Waals surface area contributed by atoms with Crippen LogP contribution in [-0.4, -0.2) is 28.9 Å². The lowest BCUT2D eigenvalue weighted by Gasteiger charge is -2.28. The molecule has 0 bridgehead atoms. The number of hydrogen-bond donors (Lipinski definition) is 2. The summed E-state index contributed by atoms with van der Waals surface area (Å²) in [4.78, 5) is 11.7. The van der Waals surface area contributed by atoms with Crippen molar-refractivity contribution in [2.24, 2.45) is 5.92 Å². The summed E-state index contributed by atoms with van der Waals surface area (Å²) in [5, 5.41) is 12.7. The van der Waals surface area contributed by atoms with Crippen molar-refractivity contribution < 1.29 is 14.6 Å². The molecule has 2 N–H and O–H groups in total. The Balaban J connectivity index is 4.59. The first-order valence-electron chi connectivity index (χ1n) is 6.36. The zero-order valence-corrected chi connectivity index (χ0v) is 12.4. The average molecular weight is 257 g/mol. The SMILES string of the molecule is C=C(C)[C@H](O)[C@H](CC(C)C)NC(=O)OC(C)(C)C. The summed E-state index contributed by atoms with van der Waals surface area (Å²) in [6, 6.07) is -0.364. The zero-order chi connectivity index (χ0) is 14.5. The Morgan fingerprint density at radius 3 is 2.22 bits per heavy atom. The molecule has 0 rings (SSSR count). The summed E-state index contributed by atoms with van der Waals surface area (Å²) < 4.78 is 5.19. The highest BCUT2D eigenvalue weighted by Gasteiger charge is 2.25. The molecule has 106 valence electrons. The molecule has 0 heterocycles. The minimum absolute atomic E-state index is 0.360. The Morgan fingerprint density at radius 1 is 1.39 bits per heavy atom. The van der Waals surface area contributed by atoms with Crippen LogP contribution in [-0.2, 0) is 4.74 Å². The van der Waals surface area contributed by atoms with E-state index in [1.807, 2.05) is 13.8 Å². The van der Waals surface area contributed by atoms with E-state index >= 15 is 0 Å². The van der Waals surface area contributed by atoms with Gasteiger partial charge in [-0.2, -0.15) is 0 Å². The Kier molecular flexibility index (Phi) is 6.39. The van der Waals surface area contributed by atoms with Gasteiger partial charge in [0, 0.05) is 0 Å². The second-order valence-corrected chi connectivity index (χ2v) is 6.17. The normalized spacial score (nSPS) is 15.1. The minimum Gasteiger partial charge on any atom is -0.444 e. The first-order valence-corrected chi connectivity index (χ1v) is 6.36. The quantitative estimate of drug-likeness (QED) is 0.745. The monoisotopic (exact) mass is 257 g/mol. The predicted molar refractivity (Wildman–Crippen MR) is 73.4 cm³/mol. The lowest BCUT2D eigenvalue weighted by atomic mass is 9.96. The van der Waals surface area contributed by atoms with Crippen LogP contribution in [0.4, 0.5) is 4.79 Å². The van der Waals surface area contributed by atoms with Crippen LogP contribution in [0, 0.1) is 5.92 Å². The maximum Gasteiger partial charge on any atom is 0.407 e. The number of amides is 1. The van der Waals surface area contributed by atoms with Gasteiger partial charge in [-0.1, -0.05) is 26.0 Å². The molecule has 1 amide bonds. The van der Waals surface area contributed by atoms with Crippen molar-refractivity contribution in [3.63, 3.8) is 0 Å². The van der Waals surface area contributed by atoms with E-state index in [1.165, 1.54) is 0 Å². The summed E-state index contributed by atoms with van der Waals surface area (Å²) in [6.07, 6.45) is -0.582. The summed E-state index contributed by atoms with van der Waals surface area (Å²) >= 11 is 0. The largest absolute Gasteiger partial charge is 0.444 e. The molecule has 2 atom stereocenters. The summed E-state index contributed by atoms with van der Waals surface area (Å²) in [5.41, 5.74) is 0.0948. The number of aliphatic hydroxyl groups excluding tert-OH is 1. The second-order valence-electron chi connectivity index (χ2n) is 6.17. The van der Waals surface area contributed by atoms with Crippen LogP contribution in [0.25, 0.3) is 0 Å². The van der Waals surface area contributed by atoms with Gasteiger partial charge in [-0.15, -0.1) is 0 Å². The zero-order valence-electron chi connectivity index (χ0n) is 12.4. The van der Waals surface area contributed by atoms with Gasteiger partial charge >= 0.3 is 6.09 Å². The predicted octanol–water partition coefficient (Wildman–Crippen LogP) is 2.86. The van der Waals surface area contributed by atoms with Crippen LogP contribution >= 0.6 is 0 Å². The fourth-order valence-electron chi connectivity index (χ4n) is 1.58. The number of alkyl carbamates (subject to hydrolysis) is 1. The van der Waals surface area contributed by atoms with E-state index < -0.39 is 17.8 Å². The number of carbonyl (C=O) groups is 1. The van der Waals surface area contributed by atoms with Gasteiger partial charge in [0.1, 0.15) is 5.60 Å². The number of aliphatic hydroxyl groups is 1. The molecule has 0 saturated carbocycles. The second kappa shape index (κ2) is 6.78. The lowest BCUT2D eigenvalue weighted by Crippen LogP contribution is -2.46. The first-order chi connectivity index (χ1) is 8.03. The van der Waals surface area contributed by atoms with Gasteiger partial charge in [0.25, 0.3) is 0 Å². The third-order valence-corrected chi connectivity index (χ3v) is 2.31. The molecule has 4 heteroatoms. The molecule has 0 unspecified atom stereocenters. The third-order valence-electron chi connectivity index (χ3n) is 2.31. The molecule has 0 aliphatic rings. The standard InChI is InChI=1S/C14H27NO3/c1-9(2)8-11(12(16)10(3)4)15-13(17)18-14(5,6)7/h9,11-12,16H,3,8H2,1-2,4-7H3,(H,15,17)/t11-,12-/m0/s1. The van der Waals surface area contributed by atoms with Gasteiger partial charge in [0.2, 0.25) is 0 Å². The highest BCUT2D eigenvalue weighted by molar-refractivity contribution is 5.68. The van der Waals surface area contributed by atoms with Crippen LogP contribution in [0.1, 0.15) is 48.0 Å². The molecule has 4 nitrogen and oxygen atoms in total. The molecule has 18 heavy (non-hydrogen) atoms. The molecule has 0 aromatic heterocycles. The third kappa shape index (κ3) is 7.33. The van der Waals surface area contributed by atoms with Gasteiger partial charge in [-0.3, -0.25) is 0 Å². The van der Waals surface area contributed by atoms with Crippen molar-refractivity contribution in [3.8, 4) is 0 Å². The topological polar surface area (TPSA) is 58.6 Å². The van der Waals surface area contributed by atoms with Gasteiger partial charge in [-0.25, -0.2) is 4.79 Å². The molecular weight excluding hydrogens is 230 g/mol. The number of nitrogens with one attached hydrogen (secondary N) is 1. The minimum atomic E-state index is -0.750. The molecule has 0 aromatic carbocycles. The van der Waals surface area contributed by atoms with Crippen LogP contribution in [0.3, 0.4) is 0 Å². The van der Waals surface area contributed by atoms with Gasteiger partial charge in [-0.05, 0) is 40.0 Å². The first kappa shape index (κ1) is 17.0. The lowest BCUT2D eigenvalue weighted by molar-refractivity contribution is 0.0435. The summed E-state index contributed by atoms with van der Waals surface area (Å²) in [7, 11) is 0. The maximum atomic E-state index is 11.7. The van der Waals surface area contributed by atoms with Gasteiger partial charge < -0.3 is 15.2 Å². The van der Waals surface area contributed by atoms with E-state index in [9.17, 15) is 9.90 Å². The summed E-state index contributed by atoms with van der Waals surface area (Å²) in [6.45, 7) is 15.0. The van der Waals surface area contributed by atoms with Crippen LogP contribution in [0.15, 0.2) is 12.2 Å². The molecule has 0 aliphatic heterocycles. The fraction of sp³-hybridized carbons (Fsp3) is 0.786. The van der Waals surface area contributed by atoms with Crippen molar-refractivity contribution in [3.05, 3.63) is 12.2 Å². The highest BCUT2D eigenvalue weighted by atomic mass is 16.6. The Morgan fingerprint density at radius 2 is 1.89 bits per heavy atom. The number of carbonyl (C=O) groups excluding carboxylic acids is 1. The van der Waals surface area contributed by atoms with Crippen molar-refractivity contribution in [2.45, 2.75) is 65.7 Å². The maximum absolute atomic E-state index is 11.7. The number of hydrogen-bond acceptors (Lipinski definition) is 3. The highest BCUT2D eigenvalue weighted by Crippen LogP contribution is 2.14. The number of ether oxygens (including phenoxy) is 1. The number of rotatable bonds is 5. The van der Waals surface area contributed by atoms with E-state index in [4.69, 9.17) is 4.74 Å². The van der Waals surface area contributed by atoms with Gasteiger partial charge in [0.15, 0.2) is 0 Å². The Bertz CT molecular complexity index is 292. The Hall–Kier alpha value is -1.03. The van der Waals surface area contributed by atoms with E-state index in [2.05, 4.69) is 11.9 Å². The van der Waals surface area contributed by atoms with E-state index in [0.29, 0.717) is 17.9 Å². The van der Waals surface area contributed by atoms with Crippen molar-refractivity contribution >= 4 is 6.09 Å². The smallest absolute Gasteiger partial charge is 0.407 e. The molecule has 0 spiro atoms. The van der Waals surface area contributed by atoms with Crippen molar-refractivity contribution in [1.29, 1.82) is 0 Å². The Labute approximate surface area is 110 Å². The van der Waals surface area contributed by atoms with E-state index in [1.54, 1.807) is 27.7 Å². The average Bonchev–Trinajstić information content (AvgIpc) is 2.11. The van der Waals surface area contributed by atoms with Crippen molar-refractivity contribution in [1.82, 2.24) is 5.32 Å². The van der Waals surface area contributed by atoms with Crippen LogP contribution < -0.4 is 5.32 Å².